The molecule has 4 heteroatoms. The van der Waals surface area contributed by atoms with Crippen LogP contribution in [-0.2, 0) is 6.42 Å². The number of aryl methyl sites for hydroxylation is 2. The Morgan fingerprint density at radius 2 is 1.11 bits per heavy atom. The van der Waals surface area contributed by atoms with Crippen molar-refractivity contribution in [3.8, 4) is 11.1 Å². The van der Waals surface area contributed by atoms with Crippen molar-refractivity contribution in [3.63, 3.8) is 0 Å². The third kappa shape index (κ3) is 14.9. The zero-order valence-electron chi connectivity index (χ0n) is 39.1. The Kier molecular flexibility index (Phi) is 25.1. The topological polar surface area (TPSA) is 87.1 Å². The molecule has 0 bridgehead atoms. The Morgan fingerprint density at radius 3 is 1.66 bits per heavy atom. The highest BCUT2D eigenvalue weighted by molar-refractivity contribution is 5.90. The molecule has 2 aliphatic rings. The average molecular weight is 818 g/mol. The Bertz CT molecular complexity index is 2300. The van der Waals surface area contributed by atoms with Crippen LogP contribution in [0.2, 0.25) is 0 Å². The summed E-state index contributed by atoms with van der Waals surface area (Å²) in [6, 6.07) is 56.4. The van der Waals surface area contributed by atoms with E-state index in [9.17, 15) is 0 Å². The summed E-state index contributed by atoms with van der Waals surface area (Å²) in [6.07, 6.45) is 7.84. The largest absolute Gasteiger partial charge is 0.456 e. The first-order valence-electron chi connectivity index (χ1n) is 22.5. The summed E-state index contributed by atoms with van der Waals surface area (Å²) < 4.78 is 6.59. The van der Waals surface area contributed by atoms with Crippen LogP contribution < -0.4 is 27.4 Å². The highest BCUT2D eigenvalue weighted by atomic mass is 16.3. The van der Waals surface area contributed by atoms with Gasteiger partial charge in [0, 0.05) is 22.1 Å². The van der Waals surface area contributed by atoms with Crippen molar-refractivity contribution < 1.29 is 4.42 Å². The maximum atomic E-state index is 6.59. The minimum Gasteiger partial charge on any atom is -0.456 e. The Labute approximate surface area is 369 Å². The van der Waals surface area contributed by atoms with Crippen LogP contribution in [-0.4, -0.2) is 14.1 Å². The van der Waals surface area contributed by atoms with Crippen molar-refractivity contribution in [2.45, 2.75) is 99.6 Å². The number of fused-ring (bicyclic) bond motifs is 3. The van der Waals surface area contributed by atoms with Crippen molar-refractivity contribution in [2.75, 3.05) is 14.1 Å². The van der Waals surface area contributed by atoms with E-state index < -0.39 is 0 Å². The normalized spacial score (nSPS) is 14.0. The third-order valence-electron chi connectivity index (χ3n) is 10.1. The lowest BCUT2D eigenvalue weighted by Crippen LogP contribution is -2.21. The third-order valence-corrected chi connectivity index (χ3v) is 10.1. The lowest BCUT2D eigenvalue weighted by molar-refractivity contribution is 0.567. The summed E-state index contributed by atoms with van der Waals surface area (Å²) in [5.74, 6) is 0.328. The van der Waals surface area contributed by atoms with Gasteiger partial charge in [0.05, 0.1) is 12.1 Å². The summed E-state index contributed by atoms with van der Waals surface area (Å²) in [4.78, 5) is 0. The van der Waals surface area contributed by atoms with Crippen LogP contribution in [0.15, 0.2) is 162 Å². The first-order chi connectivity index (χ1) is 30.1. The fourth-order valence-corrected chi connectivity index (χ4v) is 7.08. The fraction of sp³-hybridized carbons (Fsp3) is 0.298. The molecule has 1 saturated heterocycles. The summed E-state index contributed by atoms with van der Waals surface area (Å²) in [5, 5.41) is 6.25. The maximum absolute atomic E-state index is 6.59. The molecule has 6 aromatic carbocycles. The zero-order chi connectivity index (χ0) is 45.0. The van der Waals surface area contributed by atoms with Gasteiger partial charge in [-0.3, -0.25) is 5.32 Å². The molecule has 61 heavy (non-hydrogen) atoms. The number of nitrogens with one attached hydrogen (secondary N) is 1. The molecule has 324 valence electrons. The van der Waals surface area contributed by atoms with Gasteiger partial charge >= 0.3 is 0 Å². The summed E-state index contributed by atoms with van der Waals surface area (Å²) in [5.41, 5.74) is 21.6. The molecule has 1 aromatic heterocycles. The predicted octanol–water partition coefficient (Wildman–Crippen LogP) is 13.5. The minimum absolute atomic E-state index is 0.230. The van der Waals surface area contributed by atoms with Crippen molar-refractivity contribution in [3.05, 3.63) is 202 Å². The van der Waals surface area contributed by atoms with Gasteiger partial charge in [-0.25, -0.2) is 0 Å². The molecule has 0 radical (unpaired) electrons. The fourth-order valence-electron chi connectivity index (χ4n) is 7.08. The van der Waals surface area contributed by atoms with E-state index in [0.29, 0.717) is 12.0 Å². The Balaban J connectivity index is 0.000000423. The van der Waals surface area contributed by atoms with Gasteiger partial charge in [-0.2, -0.15) is 0 Å². The zero-order valence-corrected chi connectivity index (χ0v) is 39.1. The molecule has 5 N–H and O–H groups in total. The van der Waals surface area contributed by atoms with E-state index in [1.165, 1.54) is 69.2 Å². The van der Waals surface area contributed by atoms with E-state index in [2.05, 4.69) is 183 Å². The molecular formula is C57H75N3O. The lowest BCUT2D eigenvalue weighted by atomic mass is 9.88. The number of hydrogen-bond donors (Lipinski definition) is 3. The number of furan rings is 1. The monoisotopic (exact) mass is 818 g/mol. The average Bonchev–Trinajstić information content (AvgIpc) is 4.07. The summed E-state index contributed by atoms with van der Waals surface area (Å²) in [6.45, 7) is 18.5. The molecular weight excluding hydrogens is 743 g/mol. The second-order valence-electron chi connectivity index (χ2n) is 13.6. The first kappa shape index (κ1) is 51.6. The SMILES string of the molecule is CC.CC.CC.CC(c1ccccc1)c1cccc(-c2ccc3c4c(oc3c2C2NC2c2ccccc2)=CCCC=4)c1.CCc1ccccc1.CN.CN.Cc1ccccc1. The van der Waals surface area contributed by atoms with Crippen LogP contribution in [0.3, 0.4) is 0 Å². The molecule has 1 fully saturated rings. The molecule has 9 rings (SSSR count). The highest BCUT2D eigenvalue weighted by Crippen LogP contribution is 2.48. The number of benzene rings is 6. The standard InChI is InChI=1S/C34H29NO.C8H10.C7H8.3C2H6.2CH5N/c1-22(23-11-4-2-5-12-23)25-15-10-16-26(21-25)27-19-20-29-28-17-8-9-18-30(28)36-34(29)31(27)33-32(35-33)24-13-6-3-7-14-24;1-2-8-6-4-3-5-7-8;1-7-5-3-2-4-6-7;5*1-2/h2-7,10-22,32-33,35H,8-9H2,1H3;3-7H,2H2,1H3;2-6H,1H3;3*1-2H3;2*2H2,1H3. The molecule has 0 amide bonds. The number of hydrogen-bond acceptors (Lipinski definition) is 4. The van der Waals surface area contributed by atoms with Gasteiger partial charge in [0.25, 0.3) is 0 Å². The van der Waals surface area contributed by atoms with Crippen molar-refractivity contribution in [1.82, 2.24) is 5.32 Å². The van der Waals surface area contributed by atoms with Crippen LogP contribution in [0.1, 0.15) is 120 Å². The molecule has 4 nitrogen and oxygen atoms in total. The molecule has 3 atom stereocenters. The van der Waals surface area contributed by atoms with Gasteiger partial charge in [-0.15, -0.1) is 0 Å². The molecule has 0 spiro atoms. The Hall–Kier alpha value is -5.52. The second kappa shape index (κ2) is 29.7. The van der Waals surface area contributed by atoms with Crippen LogP contribution in [0.5, 0.6) is 0 Å². The molecule has 3 unspecified atom stereocenters. The number of nitrogens with two attached hydrogens (primary N) is 2. The van der Waals surface area contributed by atoms with Gasteiger partial charge in [0.2, 0.25) is 0 Å². The van der Waals surface area contributed by atoms with E-state index in [1.807, 2.05) is 65.8 Å². The molecule has 1 aliphatic carbocycles. The predicted molar refractivity (Wildman–Crippen MR) is 269 cm³/mol. The van der Waals surface area contributed by atoms with E-state index >= 15 is 0 Å². The molecule has 2 heterocycles. The molecule has 0 saturated carbocycles. The van der Waals surface area contributed by atoms with Crippen LogP contribution >= 0.6 is 0 Å². The first-order valence-corrected chi connectivity index (χ1v) is 22.5. The van der Waals surface area contributed by atoms with Crippen LogP contribution in [0, 0.1) is 6.92 Å². The number of rotatable bonds is 6. The summed E-state index contributed by atoms with van der Waals surface area (Å²) >= 11 is 0. The van der Waals surface area contributed by atoms with E-state index in [-0.39, 0.29) is 6.04 Å². The van der Waals surface area contributed by atoms with Gasteiger partial charge in [0.1, 0.15) is 11.0 Å². The van der Waals surface area contributed by atoms with Crippen LogP contribution in [0.4, 0.5) is 0 Å². The second-order valence-corrected chi connectivity index (χ2v) is 13.6. The van der Waals surface area contributed by atoms with Crippen molar-refractivity contribution in [2.24, 2.45) is 11.5 Å². The Morgan fingerprint density at radius 1 is 0.590 bits per heavy atom. The van der Waals surface area contributed by atoms with E-state index in [4.69, 9.17) is 4.42 Å². The van der Waals surface area contributed by atoms with Crippen LogP contribution in [0.25, 0.3) is 34.2 Å². The minimum atomic E-state index is 0.230. The van der Waals surface area contributed by atoms with Gasteiger partial charge in [-0.1, -0.05) is 219 Å². The quantitative estimate of drug-likeness (QED) is 0.146. The van der Waals surface area contributed by atoms with E-state index in [1.54, 1.807) is 0 Å². The molecule has 1 aliphatic heterocycles. The van der Waals surface area contributed by atoms with Gasteiger partial charge in [-0.05, 0) is 85.8 Å². The maximum Gasteiger partial charge on any atom is 0.140 e. The smallest absolute Gasteiger partial charge is 0.140 e. The van der Waals surface area contributed by atoms with Crippen molar-refractivity contribution in [1.29, 1.82) is 0 Å². The van der Waals surface area contributed by atoms with Gasteiger partial charge < -0.3 is 15.9 Å². The summed E-state index contributed by atoms with van der Waals surface area (Å²) in [7, 11) is 3.00. The van der Waals surface area contributed by atoms with Crippen molar-refractivity contribution >= 4 is 23.1 Å². The van der Waals surface area contributed by atoms with E-state index in [0.717, 1.165) is 30.3 Å². The van der Waals surface area contributed by atoms with Gasteiger partial charge in [0.15, 0.2) is 0 Å². The molecule has 7 aromatic rings. The highest BCUT2D eigenvalue weighted by Gasteiger charge is 2.42. The lowest BCUT2D eigenvalue weighted by Gasteiger charge is -2.15.